The molecule has 4 amide bonds. The number of hydrogen-bond acceptors (Lipinski definition) is 27. The number of aryl methyl sites for hydroxylation is 3. The second-order valence-corrected chi connectivity index (χ2v) is 28.8. The second kappa shape index (κ2) is 45.8. The number of carboxylic acid groups (broad SMARTS) is 1. The van der Waals surface area contributed by atoms with Crippen LogP contribution in [0.5, 0.6) is 28.7 Å². The summed E-state index contributed by atoms with van der Waals surface area (Å²) in [6, 6.07) is 34.3. The first-order valence-electron chi connectivity index (χ1n) is 39.9. The normalized spacial score (nSPS) is 17.1. The highest BCUT2D eigenvalue weighted by atomic mass is 16.6. The maximum Gasteiger partial charge on any atom is 0.428 e. The number of aliphatic carboxylic acids is 1. The number of hydrogen-bond donors (Lipinski definition) is 4. The fourth-order valence-electron chi connectivity index (χ4n) is 14.3. The van der Waals surface area contributed by atoms with Gasteiger partial charge in [0.1, 0.15) is 82.3 Å². The molecule has 5 N–H and O–H groups in total. The molecule has 3 aromatic heterocycles. The third-order valence-corrected chi connectivity index (χ3v) is 20.8. The Morgan fingerprint density at radius 3 is 1.19 bits per heavy atom. The average molecular weight is 1690 g/mol. The number of carbonyl (C=O) groups excluding carboxylic acids is 7. The van der Waals surface area contributed by atoms with E-state index in [0.717, 1.165) is 138 Å². The lowest BCUT2D eigenvalue weighted by atomic mass is 10.0. The Bertz CT molecular complexity index is 5030. The van der Waals surface area contributed by atoms with Crippen molar-refractivity contribution in [1.82, 2.24) is 68.7 Å². The summed E-state index contributed by atoms with van der Waals surface area (Å²) in [5.74, 6) is 9.64. The molecular formula is C84H108N16O22. The van der Waals surface area contributed by atoms with Crippen LogP contribution in [0, 0.1) is 0 Å². The first-order valence-corrected chi connectivity index (χ1v) is 39.9. The van der Waals surface area contributed by atoms with E-state index in [9.17, 15) is 57.8 Å². The molecule has 9 heterocycles. The van der Waals surface area contributed by atoms with Crippen LogP contribution in [0.2, 0.25) is 0 Å². The molecule has 0 spiro atoms. The van der Waals surface area contributed by atoms with Gasteiger partial charge in [0, 0.05) is 45.2 Å². The SMILES string of the molecule is COC(=O)C1CCCC(=O)N1.COC(=O)C1CCCC(NN(Cc2ccc(OC)cc2)C(=O)OC)=N1.COC(=O)C1CCCc2nn(Cc3ccc(OC)cc3)c(=O)n21.COC(=O)N(N)Cc1ccc(OC)cc1.COc1ccc(Cn2nc3n(c2=O)C(C(=O)N2CCCC2)CCC3)cc1.COc1ccc(Cn2nc3n(c2=O)C(C(=O)O)CCC3)cc1. The summed E-state index contributed by atoms with van der Waals surface area (Å²) in [5.41, 5.74) is 6.76. The summed E-state index contributed by atoms with van der Waals surface area (Å²) in [6.45, 7) is 3.26. The topological polar surface area (TPSA) is 441 Å². The largest absolute Gasteiger partial charge is 0.497 e. The third-order valence-electron chi connectivity index (χ3n) is 20.8. The highest BCUT2D eigenvalue weighted by Crippen LogP contribution is 2.29. The van der Waals surface area contributed by atoms with Crippen molar-refractivity contribution in [3.8, 4) is 28.7 Å². The standard InChI is InChI=1S/C19H24N4O3.C17H23N3O5.C16H19N3O4.C15H17N3O4.C10H14N2O3.C7H11NO3/c1-26-15-9-7-14(8-10-15)13-22-19(25)23-16(5-4-6-17(23)20-22)18(24)21-11-2-3-12-21;1-23-13-9-7-12(8-10-13)11-20(17(22)25-3)19-15-6-4-5-14(18-15)16(21)24-2;1-22-12-8-6-11(7-9-12)10-18-16(21)19-13(15(20)23-2)4-3-5-14(19)17-18;1-22-11-7-5-10(6-8-11)9-17-15(21)18-12(14(19)20)3-2-4-13(18)16-17;1-14-9-5-3-8(4-6-9)7-12(11)10(13)15-2;1-11-7(10)5-3-2-4-6(9)8-5/h7-10,16H,2-6,11-13H2,1H3;7-10,14H,4-6,11H2,1-3H3,(H,18,19);6-9,13H,3-5,10H2,1-2H3;5-8,12H,2-4,9H2,1H3,(H,19,20);3-6H,7,11H2,1-2H3;5H,2-4H2,1H3,(H,8,9). The molecular weight excluding hydrogens is 1590 g/mol. The van der Waals surface area contributed by atoms with E-state index in [4.69, 9.17) is 43.7 Å². The van der Waals surface area contributed by atoms with Crippen molar-refractivity contribution in [2.75, 3.05) is 84.2 Å². The number of piperidine rings is 1. The molecule has 0 aliphatic carbocycles. The van der Waals surface area contributed by atoms with Crippen molar-refractivity contribution in [3.05, 3.63) is 198 Å². The number of ether oxygens (including phenoxy) is 10. The van der Waals surface area contributed by atoms with Gasteiger partial charge in [-0.05, 0) is 166 Å². The lowest BCUT2D eigenvalue weighted by Gasteiger charge is -2.27. The number of amides is 4. The molecule has 38 heteroatoms. The van der Waals surface area contributed by atoms with Gasteiger partial charge < -0.3 is 62.7 Å². The molecule has 2 saturated heterocycles. The maximum absolute atomic E-state index is 12.9. The zero-order chi connectivity index (χ0) is 87.9. The lowest BCUT2D eigenvalue weighted by molar-refractivity contribution is -0.146. The van der Waals surface area contributed by atoms with Crippen LogP contribution >= 0.6 is 0 Å². The predicted molar refractivity (Wildman–Crippen MR) is 441 cm³/mol. The van der Waals surface area contributed by atoms with E-state index in [0.29, 0.717) is 95.0 Å². The average Bonchev–Trinajstić information content (AvgIpc) is 1.64. The Morgan fingerprint density at radius 1 is 0.426 bits per heavy atom. The van der Waals surface area contributed by atoms with Crippen molar-refractivity contribution >= 4 is 53.7 Å². The molecule has 0 saturated carbocycles. The van der Waals surface area contributed by atoms with Gasteiger partial charge in [0.2, 0.25) is 11.8 Å². The van der Waals surface area contributed by atoms with Gasteiger partial charge in [-0.2, -0.15) is 15.3 Å². The van der Waals surface area contributed by atoms with Crippen molar-refractivity contribution < 1.29 is 90.8 Å². The molecule has 6 aliphatic heterocycles. The van der Waals surface area contributed by atoms with Crippen LogP contribution in [-0.2, 0) is 104 Å². The number of methoxy groups -OCH3 is 10. The van der Waals surface area contributed by atoms with E-state index in [-0.39, 0.29) is 47.4 Å². The molecule has 6 aliphatic rings. The van der Waals surface area contributed by atoms with Gasteiger partial charge >= 0.3 is 53.1 Å². The van der Waals surface area contributed by atoms with Crippen LogP contribution < -0.4 is 57.3 Å². The number of carboxylic acids is 1. The number of nitrogens with two attached hydrogens (primary N) is 1. The van der Waals surface area contributed by atoms with Gasteiger partial charge in [-0.25, -0.2) is 73.1 Å². The summed E-state index contributed by atoms with van der Waals surface area (Å²) in [6.07, 6.45) is 11.3. The molecule has 8 aromatic rings. The van der Waals surface area contributed by atoms with E-state index in [1.807, 2.05) is 114 Å². The molecule has 2 fully saturated rings. The molecule has 656 valence electrons. The highest BCUT2D eigenvalue weighted by Gasteiger charge is 2.36. The number of benzene rings is 5. The Balaban J connectivity index is 0.000000169. The zero-order valence-corrected chi connectivity index (χ0v) is 70.3. The number of aliphatic imine (C=N–C) groups is 1. The number of nitrogens with one attached hydrogen (secondary N) is 2. The number of hydrazine groups is 2. The van der Waals surface area contributed by atoms with Crippen LogP contribution in [0.1, 0.15) is 153 Å². The summed E-state index contributed by atoms with van der Waals surface area (Å²) in [4.78, 5) is 137. The first-order chi connectivity index (χ1) is 58.9. The summed E-state index contributed by atoms with van der Waals surface area (Å²) < 4.78 is 57.5. The van der Waals surface area contributed by atoms with E-state index in [2.05, 4.69) is 40.5 Å². The van der Waals surface area contributed by atoms with Crippen molar-refractivity contribution in [2.45, 2.75) is 172 Å². The van der Waals surface area contributed by atoms with Gasteiger partial charge in [-0.3, -0.25) is 33.7 Å². The second-order valence-electron chi connectivity index (χ2n) is 28.8. The molecule has 0 bridgehead atoms. The minimum Gasteiger partial charge on any atom is -0.497 e. The van der Waals surface area contributed by atoms with Gasteiger partial charge in [-0.15, -0.1) is 0 Å². The number of aromatic nitrogens is 9. The number of fused-ring (bicyclic) bond motifs is 3. The molecule has 38 nitrogen and oxygen atoms in total. The molecule has 5 aromatic carbocycles. The van der Waals surface area contributed by atoms with E-state index < -0.39 is 54.3 Å². The predicted octanol–water partition coefficient (Wildman–Crippen LogP) is 6.67. The Labute approximate surface area is 704 Å². The maximum atomic E-state index is 12.9. The van der Waals surface area contributed by atoms with Crippen LogP contribution in [0.15, 0.2) is 141 Å². The minimum atomic E-state index is -0.980. The number of likely N-dealkylation sites (tertiary alicyclic amines) is 1. The van der Waals surface area contributed by atoms with Crippen molar-refractivity contribution in [1.29, 1.82) is 0 Å². The van der Waals surface area contributed by atoms with Crippen LogP contribution in [0.4, 0.5) is 9.59 Å². The lowest BCUT2D eigenvalue weighted by Crippen LogP contribution is -2.47. The van der Waals surface area contributed by atoms with Gasteiger partial charge in [0.25, 0.3) is 0 Å². The van der Waals surface area contributed by atoms with Crippen molar-refractivity contribution in [3.63, 3.8) is 0 Å². The van der Waals surface area contributed by atoms with E-state index in [1.54, 1.807) is 52.2 Å². The monoisotopic (exact) mass is 1690 g/mol. The molecule has 5 atom stereocenters. The number of esters is 3. The fourth-order valence-corrected chi connectivity index (χ4v) is 14.3. The first kappa shape index (κ1) is 92.6. The van der Waals surface area contributed by atoms with E-state index >= 15 is 0 Å². The molecule has 5 unspecified atom stereocenters. The summed E-state index contributed by atoms with van der Waals surface area (Å²) in [7, 11) is 14.6. The Morgan fingerprint density at radius 2 is 0.795 bits per heavy atom. The number of nitrogens with zero attached hydrogens (tertiary/aromatic N) is 13. The Kier molecular flexibility index (Phi) is 34.7. The van der Waals surface area contributed by atoms with Gasteiger partial charge in [0.15, 0.2) is 0 Å². The number of amidine groups is 1. The molecule has 0 radical (unpaired) electrons. The van der Waals surface area contributed by atoms with E-state index in [1.165, 1.54) is 63.7 Å². The third kappa shape index (κ3) is 25.2. The minimum absolute atomic E-state index is 0.0633. The van der Waals surface area contributed by atoms with Gasteiger partial charge in [0.05, 0.1) is 104 Å². The summed E-state index contributed by atoms with van der Waals surface area (Å²) >= 11 is 0. The van der Waals surface area contributed by atoms with Crippen molar-refractivity contribution in [2.24, 2.45) is 10.8 Å². The fraction of sp³-hybridized carbons (Fsp3) is 0.464. The Hall–Kier alpha value is -13.3. The molecule has 14 rings (SSSR count). The number of carbonyl (C=O) groups is 8. The highest BCUT2D eigenvalue weighted by molar-refractivity contribution is 5.89. The zero-order valence-electron chi connectivity index (χ0n) is 70.3. The summed E-state index contributed by atoms with van der Waals surface area (Å²) in [5, 5.41) is 27.3. The van der Waals surface area contributed by atoms with Crippen LogP contribution in [0.3, 0.4) is 0 Å². The molecule has 122 heavy (non-hydrogen) atoms. The van der Waals surface area contributed by atoms with Gasteiger partial charge in [-0.1, -0.05) is 60.7 Å². The quantitative estimate of drug-likeness (QED) is 0.0203. The van der Waals surface area contributed by atoms with Crippen LogP contribution in [0.25, 0.3) is 0 Å². The number of rotatable bonds is 20. The van der Waals surface area contributed by atoms with Crippen LogP contribution in [-0.4, -0.2) is 213 Å². The smallest absolute Gasteiger partial charge is 0.428 e.